The van der Waals surface area contributed by atoms with Crippen molar-refractivity contribution in [1.82, 2.24) is 0 Å². The molecule has 1 aromatic carbocycles. The van der Waals surface area contributed by atoms with Gasteiger partial charge in [0, 0.05) is 5.92 Å². The van der Waals surface area contributed by atoms with Crippen LogP contribution in [0.5, 0.6) is 0 Å². The summed E-state index contributed by atoms with van der Waals surface area (Å²) in [6.07, 6.45) is 6.18. The van der Waals surface area contributed by atoms with E-state index in [0.29, 0.717) is 5.92 Å². The fourth-order valence-electron chi connectivity index (χ4n) is 3.21. The third-order valence-electron chi connectivity index (χ3n) is 4.52. The van der Waals surface area contributed by atoms with Gasteiger partial charge in [0.25, 0.3) is 0 Å². The molecule has 0 aromatic heterocycles. The highest BCUT2D eigenvalue weighted by molar-refractivity contribution is 5.39. The molecule has 0 atom stereocenters. The third-order valence-corrected chi connectivity index (χ3v) is 4.52. The Labute approximate surface area is 141 Å². The minimum atomic E-state index is -4.60. The zero-order chi connectivity index (χ0) is 17.6. The molecular formula is C20H22F4. The van der Waals surface area contributed by atoms with E-state index >= 15 is 0 Å². The van der Waals surface area contributed by atoms with E-state index in [1.54, 1.807) is 6.07 Å². The van der Waals surface area contributed by atoms with Crippen molar-refractivity contribution in [3.8, 4) is 11.8 Å². The molecule has 24 heavy (non-hydrogen) atoms. The maximum Gasteiger partial charge on any atom is 0.458 e. The van der Waals surface area contributed by atoms with Crippen molar-refractivity contribution in [2.24, 2.45) is 5.92 Å². The van der Waals surface area contributed by atoms with E-state index in [-0.39, 0.29) is 11.5 Å². The van der Waals surface area contributed by atoms with Gasteiger partial charge in [0.2, 0.25) is 0 Å². The lowest BCUT2D eigenvalue weighted by Crippen LogP contribution is -2.13. The molecule has 0 radical (unpaired) electrons. The van der Waals surface area contributed by atoms with Gasteiger partial charge in [-0.15, -0.1) is 0 Å². The molecule has 0 nitrogen and oxygen atoms in total. The maximum atomic E-state index is 14.0. The fraction of sp³-hybridized carbons (Fsp3) is 0.500. The maximum absolute atomic E-state index is 14.0. The minimum Gasteiger partial charge on any atom is -0.206 e. The summed E-state index contributed by atoms with van der Waals surface area (Å²) in [6, 6.07) is 4.42. The van der Waals surface area contributed by atoms with Crippen LogP contribution in [0.15, 0.2) is 30.4 Å². The summed E-state index contributed by atoms with van der Waals surface area (Å²) < 4.78 is 50.3. The Morgan fingerprint density at radius 3 is 2.42 bits per heavy atom. The van der Waals surface area contributed by atoms with Gasteiger partial charge in [-0.2, -0.15) is 13.2 Å². The molecule has 0 amide bonds. The molecule has 0 heterocycles. The molecule has 130 valence electrons. The quantitative estimate of drug-likeness (QED) is 0.340. The number of alkyl halides is 3. The van der Waals surface area contributed by atoms with Gasteiger partial charge in [0.05, 0.1) is 5.56 Å². The van der Waals surface area contributed by atoms with E-state index in [0.717, 1.165) is 50.0 Å². The first-order chi connectivity index (χ1) is 11.4. The van der Waals surface area contributed by atoms with Crippen LogP contribution in [0.2, 0.25) is 0 Å². The molecule has 1 aliphatic rings. The predicted octanol–water partition coefficient (Wildman–Crippen LogP) is 6.37. The molecule has 0 saturated heterocycles. The topological polar surface area (TPSA) is 0 Å². The van der Waals surface area contributed by atoms with Crippen molar-refractivity contribution >= 4 is 0 Å². The van der Waals surface area contributed by atoms with Gasteiger partial charge in [-0.25, -0.2) is 4.39 Å². The van der Waals surface area contributed by atoms with Crippen molar-refractivity contribution in [2.75, 3.05) is 0 Å². The predicted molar refractivity (Wildman–Crippen MR) is 88.1 cm³/mol. The molecule has 0 N–H and O–H groups in total. The van der Waals surface area contributed by atoms with Crippen molar-refractivity contribution < 1.29 is 17.6 Å². The number of hydrogen-bond acceptors (Lipinski definition) is 0. The Hall–Kier alpha value is -1.76. The summed E-state index contributed by atoms with van der Waals surface area (Å²) in [5.41, 5.74) is 0.669. The lowest BCUT2D eigenvalue weighted by atomic mass is 9.77. The Morgan fingerprint density at radius 2 is 1.83 bits per heavy atom. The summed E-state index contributed by atoms with van der Waals surface area (Å²) in [5, 5.41) is 0. The van der Waals surface area contributed by atoms with Gasteiger partial charge < -0.3 is 0 Å². The van der Waals surface area contributed by atoms with E-state index in [1.807, 2.05) is 5.92 Å². The van der Waals surface area contributed by atoms with Crippen molar-refractivity contribution in [3.63, 3.8) is 0 Å². The molecule has 2 rings (SSSR count). The van der Waals surface area contributed by atoms with Gasteiger partial charge in [-0.1, -0.05) is 31.1 Å². The van der Waals surface area contributed by atoms with E-state index in [9.17, 15) is 17.6 Å². The highest BCUT2D eigenvalue weighted by Gasteiger charge is 2.24. The molecule has 1 aromatic rings. The zero-order valence-electron chi connectivity index (χ0n) is 13.8. The van der Waals surface area contributed by atoms with Crippen LogP contribution in [0.1, 0.15) is 62.5 Å². The molecule has 0 aliphatic heterocycles. The Balaban J connectivity index is 1.98. The molecule has 1 fully saturated rings. The fourth-order valence-corrected chi connectivity index (χ4v) is 3.21. The Kier molecular flexibility index (Phi) is 6.48. The van der Waals surface area contributed by atoms with Crippen LogP contribution in [0.3, 0.4) is 0 Å². The standard InChI is InChI=1S/C20H22F4/c1-2-3-4-5-15-6-8-16(9-7-15)18-11-10-17(19(21)14-18)12-13-20(22,23)24/h3-4,10-11,14-16H,2,5-9H2,1H3/b4-3-. The van der Waals surface area contributed by atoms with E-state index in [1.165, 1.54) is 12.1 Å². The van der Waals surface area contributed by atoms with Gasteiger partial charge in [0.15, 0.2) is 0 Å². The number of allylic oxidation sites excluding steroid dienone is 2. The summed E-state index contributed by atoms with van der Waals surface area (Å²) in [4.78, 5) is 0. The zero-order valence-corrected chi connectivity index (χ0v) is 13.8. The second kappa shape index (κ2) is 8.37. The van der Waals surface area contributed by atoms with E-state index in [2.05, 4.69) is 19.1 Å². The van der Waals surface area contributed by atoms with Crippen LogP contribution in [-0.4, -0.2) is 6.18 Å². The summed E-state index contributed by atoms with van der Waals surface area (Å²) in [5.74, 6) is 3.28. The highest BCUT2D eigenvalue weighted by Crippen LogP contribution is 2.37. The summed E-state index contributed by atoms with van der Waals surface area (Å²) in [7, 11) is 0. The second-order valence-electron chi connectivity index (χ2n) is 6.32. The van der Waals surface area contributed by atoms with Crippen LogP contribution < -0.4 is 0 Å². The highest BCUT2D eigenvalue weighted by atomic mass is 19.4. The average Bonchev–Trinajstić information content (AvgIpc) is 2.54. The molecule has 0 bridgehead atoms. The lowest BCUT2D eigenvalue weighted by molar-refractivity contribution is -0.0696. The first kappa shape index (κ1) is 18.6. The van der Waals surface area contributed by atoms with E-state index < -0.39 is 12.0 Å². The number of hydrogen-bond donors (Lipinski definition) is 0. The van der Waals surface area contributed by atoms with Gasteiger partial charge in [-0.3, -0.25) is 0 Å². The molecule has 4 heteroatoms. The Morgan fingerprint density at radius 1 is 1.12 bits per heavy atom. The first-order valence-corrected chi connectivity index (χ1v) is 8.43. The van der Waals surface area contributed by atoms with Crippen LogP contribution in [0.4, 0.5) is 17.6 Å². The molecule has 1 aliphatic carbocycles. The van der Waals surface area contributed by atoms with E-state index in [4.69, 9.17) is 0 Å². The summed E-state index contributed by atoms with van der Waals surface area (Å²) >= 11 is 0. The normalized spacial score (nSPS) is 21.5. The SMILES string of the molecule is CC/C=C\CC1CCC(c2ccc(C#CC(F)(F)F)c(F)c2)CC1. The average molecular weight is 338 g/mol. The van der Waals surface area contributed by atoms with Crippen LogP contribution >= 0.6 is 0 Å². The Bertz CT molecular complexity index is 623. The first-order valence-electron chi connectivity index (χ1n) is 8.43. The molecule has 1 saturated carbocycles. The van der Waals surface area contributed by atoms with Gasteiger partial charge in [0.1, 0.15) is 5.82 Å². The smallest absolute Gasteiger partial charge is 0.206 e. The number of rotatable bonds is 4. The largest absolute Gasteiger partial charge is 0.458 e. The molecule has 0 spiro atoms. The van der Waals surface area contributed by atoms with Gasteiger partial charge >= 0.3 is 6.18 Å². The second-order valence-corrected chi connectivity index (χ2v) is 6.32. The van der Waals surface area contributed by atoms with Crippen LogP contribution in [0.25, 0.3) is 0 Å². The van der Waals surface area contributed by atoms with Crippen molar-refractivity contribution in [1.29, 1.82) is 0 Å². The monoisotopic (exact) mass is 338 g/mol. The molecule has 0 unspecified atom stereocenters. The summed E-state index contributed by atoms with van der Waals surface area (Å²) in [6.45, 7) is 2.12. The minimum absolute atomic E-state index is 0.200. The molecular weight excluding hydrogens is 316 g/mol. The van der Waals surface area contributed by atoms with Crippen molar-refractivity contribution in [3.05, 3.63) is 47.3 Å². The number of benzene rings is 1. The van der Waals surface area contributed by atoms with Crippen LogP contribution in [0, 0.1) is 23.6 Å². The third kappa shape index (κ3) is 5.70. The van der Waals surface area contributed by atoms with Crippen molar-refractivity contribution in [2.45, 2.75) is 57.5 Å². The number of halogens is 4. The lowest BCUT2D eigenvalue weighted by Gasteiger charge is -2.28. The van der Waals surface area contributed by atoms with Gasteiger partial charge in [-0.05, 0) is 68.1 Å². The van der Waals surface area contributed by atoms with Crippen LogP contribution in [-0.2, 0) is 0 Å².